The predicted octanol–water partition coefficient (Wildman–Crippen LogP) is 1.49. The lowest BCUT2D eigenvalue weighted by atomic mass is 10.2. The fourth-order valence-electron chi connectivity index (χ4n) is 1.38. The molecular weight excluding hydrogens is 206 g/mol. The third-order valence-electron chi connectivity index (χ3n) is 2.17. The number of hydrogen-bond donors (Lipinski definition) is 2. The Hall–Kier alpha value is -2.17. The molecule has 5 nitrogen and oxygen atoms in total. The molecule has 0 aromatic carbocycles. The van der Waals surface area contributed by atoms with E-state index in [2.05, 4.69) is 15.0 Å². The minimum atomic E-state index is -0.808. The molecule has 5 heteroatoms. The normalized spacial score (nSPS) is 10.2. The lowest BCUT2D eigenvalue weighted by Crippen LogP contribution is -1.97. The molecule has 0 unspecified atom stereocenters. The van der Waals surface area contributed by atoms with Gasteiger partial charge in [0.25, 0.3) is 0 Å². The molecule has 0 spiro atoms. The van der Waals surface area contributed by atoms with Crippen molar-refractivity contribution in [3.05, 3.63) is 36.4 Å². The lowest BCUT2D eigenvalue weighted by molar-refractivity contribution is -0.136. The number of aliphatic carboxylic acids is 1. The Morgan fingerprint density at radius 2 is 2.31 bits per heavy atom. The highest BCUT2D eigenvalue weighted by Gasteiger charge is 2.04. The number of pyridine rings is 1. The topological polar surface area (TPSA) is 78.9 Å². The van der Waals surface area contributed by atoms with E-state index in [0.717, 1.165) is 11.3 Å². The number of nitrogens with one attached hydrogen (secondary N) is 1. The van der Waals surface area contributed by atoms with Gasteiger partial charge in [-0.1, -0.05) is 0 Å². The Kier molecular flexibility index (Phi) is 2.95. The van der Waals surface area contributed by atoms with Gasteiger partial charge < -0.3 is 10.1 Å². The number of nitrogens with zero attached hydrogens (tertiary/aromatic N) is 2. The molecule has 2 N–H and O–H groups in total. The quantitative estimate of drug-likeness (QED) is 0.813. The van der Waals surface area contributed by atoms with Gasteiger partial charge in [-0.25, -0.2) is 4.98 Å². The van der Waals surface area contributed by atoms with Gasteiger partial charge in [-0.05, 0) is 18.6 Å². The Morgan fingerprint density at radius 1 is 1.44 bits per heavy atom. The van der Waals surface area contributed by atoms with E-state index in [4.69, 9.17) is 5.11 Å². The van der Waals surface area contributed by atoms with Crippen molar-refractivity contribution < 1.29 is 9.90 Å². The van der Waals surface area contributed by atoms with Gasteiger partial charge in [0.15, 0.2) is 0 Å². The summed E-state index contributed by atoms with van der Waals surface area (Å²) in [5.74, 6) is -0.0917. The SMILES string of the molecule is O=C(O)CCc1cnc(-c2cccnc2)[nH]1. The first-order valence-electron chi connectivity index (χ1n) is 4.92. The number of aryl methyl sites for hydroxylation is 1. The van der Waals surface area contributed by atoms with Gasteiger partial charge in [-0.2, -0.15) is 0 Å². The highest BCUT2D eigenvalue weighted by atomic mass is 16.4. The van der Waals surface area contributed by atoms with Crippen LogP contribution in [0.5, 0.6) is 0 Å². The zero-order valence-electron chi connectivity index (χ0n) is 8.55. The fraction of sp³-hybridized carbons (Fsp3) is 0.182. The first-order valence-corrected chi connectivity index (χ1v) is 4.92. The Bertz CT molecular complexity index is 479. The van der Waals surface area contributed by atoms with Crippen LogP contribution >= 0.6 is 0 Å². The molecule has 0 radical (unpaired) electrons. The number of carboxylic acids is 1. The Morgan fingerprint density at radius 3 is 3.00 bits per heavy atom. The molecule has 0 saturated carbocycles. The monoisotopic (exact) mass is 217 g/mol. The predicted molar refractivity (Wildman–Crippen MR) is 57.8 cm³/mol. The maximum absolute atomic E-state index is 10.4. The molecule has 2 heterocycles. The minimum absolute atomic E-state index is 0.106. The number of rotatable bonds is 4. The van der Waals surface area contributed by atoms with Gasteiger partial charge in [0, 0.05) is 29.8 Å². The molecule has 0 aliphatic carbocycles. The maximum Gasteiger partial charge on any atom is 0.303 e. The molecule has 2 aromatic heterocycles. The molecule has 0 aliphatic rings. The number of carbonyl (C=O) groups is 1. The molecule has 0 amide bonds. The molecule has 0 atom stereocenters. The second-order valence-electron chi connectivity index (χ2n) is 3.39. The number of hydrogen-bond acceptors (Lipinski definition) is 3. The van der Waals surface area contributed by atoms with Crippen LogP contribution in [-0.2, 0) is 11.2 Å². The molecule has 0 fully saturated rings. The van der Waals surface area contributed by atoms with E-state index in [9.17, 15) is 4.79 Å². The second-order valence-corrected chi connectivity index (χ2v) is 3.39. The van der Waals surface area contributed by atoms with Crippen LogP contribution in [0.4, 0.5) is 0 Å². The van der Waals surface area contributed by atoms with E-state index >= 15 is 0 Å². The Balaban J connectivity index is 2.11. The Labute approximate surface area is 92.2 Å². The summed E-state index contributed by atoms with van der Waals surface area (Å²) in [6, 6.07) is 3.72. The van der Waals surface area contributed by atoms with E-state index in [0.29, 0.717) is 12.2 Å². The van der Waals surface area contributed by atoms with Crippen molar-refractivity contribution in [2.75, 3.05) is 0 Å². The van der Waals surface area contributed by atoms with Gasteiger partial charge in [0.1, 0.15) is 5.82 Å². The van der Waals surface area contributed by atoms with Crippen molar-refractivity contribution in [2.45, 2.75) is 12.8 Å². The van der Waals surface area contributed by atoms with Gasteiger partial charge in [-0.3, -0.25) is 9.78 Å². The van der Waals surface area contributed by atoms with Gasteiger partial charge in [0.05, 0.1) is 6.42 Å². The number of aromatic amines is 1. The van der Waals surface area contributed by atoms with Crippen LogP contribution in [0.15, 0.2) is 30.7 Å². The number of aromatic nitrogens is 3. The smallest absolute Gasteiger partial charge is 0.303 e. The van der Waals surface area contributed by atoms with Crippen LogP contribution in [-0.4, -0.2) is 26.0 Å². The van der Waals surface area contributed by atoms with Crippen LogP contribution in [0, 0.1) is 0 Å². The van der Waals surface area contributed by atoms with Gasteiger partial charge >= 0.3 is 5.97 Å². The zero-order chi connectivity index (χ0) is 11.4. The average molecular weight is 217 g/mol. The molecule has 0 bridgehead atoms. The van der Waals surface area contributed by atoms with Crippen LogP contribution in [0.25, 0.3) is 11.4 Å². The summed E-state index contributed by atoms with van der Waals surface area (Å²) >= 11 is 0. The molecule has 16 heavy (non-hydrogen) atoms. The lowest BCUT2D eigenvalue weighted by Gasteiger charge is -1.95. The average Bonchev–Trinajstić information content (AvgIpc) is 2.76. The second kappa shape index (κ2) is 4.57. The largest absolute Gasteiger partial charge is 0.481 e. The number of imidazole rings is 1. The molecule has 82 valence electrons. The summed E-state index contributed by atoms with van der Waals surface area (Å²) in [5.41, 5.74) is 1.71. The third-order valence-corrected chi connectivity index (χ3v) is 2.17. The highest BCUT2D eigenvalue weighted by molar-refractivity contribution is 5.67. The van der Waals surface area contributed by atoms with Gasteiger partial charge in [0.2, 0.25) is 0 Å². The third kappa shape index (κ3) is 2.44. The highest BCUT2D eigenvalue weighted by Crippen LogP contribution is 2.14. The minimum Gasteiger partial charge on any atom is -0.481 e. The molecule has 0 aliphatic heterocycles. The van der Waals surface area contributed by atoms with Crippen LogP contribution in [0.1, 0.15) is 12.1 Å². The van der Waals surface area contributed by atoms with E-state index in [1.165, 1.54) is 0 Å². The summed E-state index contributed by atoms with van der Waals surface area (Å²) in [6.07, 6.45) is 5.63. The summed E-state index contributed by atoms with van der Waals surface area (Å²) in [4.78, 5) is 21.6. The summed E-state index contributed by atoms with van der Waals surface area (Å²) in [5, 5.41) is 8.55. The van der Waals surface area contributed by atoms with Crippen LogP contribution in [0.2, 0.25) is 0 Å². The van der Waals surface area contributed by atoms with E-state index in [1.807, 2.05) is 12.1 Å². The van der Waals surface area contributed by atoms with Gasteiger partial charge in [-0.15, -0.1) is 0 Å². The van der Waals surface area contributed by atoms with Crippen molar-refractivity contribution in [3.63, 3.8) is 0 Å². The summed E-state index contributed by atoms with van der Waals surface area (Å²) in [6.45, 7) is 0. The van der Waals surface area contributed by atoms with E-state index in [-0.39, 0.29) is 6.42 Å². The first-order chi connectivity index (χ1) is 7.75. The van der Waals surface area contributed by atoms with Crippen molar-refractivity contribution in [1.29, 1.82) is 0 Å². The number of H-pyrrole nitrogens is 1. The van der Waals surface area contributed by atoms with Crippen LogP contribution in [0.3, 0.4) is 0 Å². The molecule has 0 saturated heterocycles. The standard InChI is InChI=1S/C11H11N3O2/c15-10(16)4-3-9-7-13-11(14-9)8-2-1-5-12-6-8/h1-2,5-7H,3-4H2,(H,13,14)(H,15,16). The van der Waals surface area contributed by atoms with Crippen molar-refractivity contribution in [3.8, 4) is 11.4 Å². The summed E-state index contributed by atoms with van der Waals surface area (Å²) in [7, 11) is 0. The van der Waals surface area contributed by atoms with Crippen molar-refractivity contribution in [2.24, 2.45) is 0 Å². The van der Waals surface area contributed by atoms with Crippen molar-refractivity contribution >= 4 is 5.97 Å². The maximum atomic E-state index is 10.4. The fourth-order valence-corrected chi connectivity index (χ4v) is 1.38. The number of carboxylic acid groups (broad SMARTS) is 1. The van der Waals surface area contributed by atoms with E-state index < -0.39 is 5.97 Å². The molecular formula is C11H11N3O2. The zero-order valence-corrected chi connectivity index (χ0v) is 8.55. The van der Waals surface area contributed by atoms with Crippen LogP contribution < -0.4 is 0 Å². The molecule has 2 rings (SSSR count). The van der Waals surface area contributed by atoms with E-state index in [1.54, 1.807) is 18.6 Å². The first kappa shape index (κ1) is 10.4. The van der Waals surface area contributed by atoms with Crippen molar-refractivity contribution in [1.82, 2.24) is 15.0 Å². The summed E-state index contributed by atoms with van der Waals surface area (Å²) < 4.78 is 0. The molecule has 2 aromatic rings.